The Morgan fingerprint density at radius 2 is 1.86 bits per heavy atom. The molecule has 5 nitrogen and oxygen atoms in total. The van der Waals surface area contributed by atoms with Gasteiger partial charge in [0.15, 0.2) is 6.61 Å². The maximum Gasteiger partial charge on any atom is 0.416 e. The van der Waals surface area contributed by atoms with Crippen LogP contribution in [0.2, 0.25) is 0 Å². The molecule has 0 aliphatic heterocycles. The third kappa shape index (κ3) is 5.69. The van der Waals surface area contributed by atoms with E-state index in [4.69, 9.17) is 9.47 Å². The molecule has 1 heterocycles. The lowest BCUT2D eigenvalue weighted by molar-refractivity contribution is -0.142. The minimum Gasteiger partial charge on any atom is -0.457 e. The van der Waals surface area contributed by atoms with E-state index in [1.54, 1.807) is 20.1 Å². The molecule has 0 spiro atoms. The van der Waals surface area contributed by atoms with Crippen LogP contribution in [0.25, 0.3) is 0 Å². The molecule has 2 rings (SSSR count). The number of benzene rings is 1. The number of ketones is 1. The summed E-state index contributed by atoms with van der Waals surface area (Å²) in [7, 11) is 1.60. The number of methoxy groups -OCH3 is 1. The molecule has 0 N–H and O–H groups in total. The molecule has 0 aliphatic carbocycles. The Balaban J connectivity index is 2.01. The fourth-order valence-corrected chi connectivity index (χ4v) is 3.35. The quantitative estimate of drug-likeness (QED) is 0.480. The number of halogens is 3. The van der Waals surface area contributed by atoms with E-state index in [-0.39, 0.29) is 23.8 Å². The van der Waals surface area contributed by atoms with E-state index in [1.165, 1.54) is 12.1 Å². The molecule has 1 aromatic carbocycles. The standard InChI is InChI=1S/C21H24F3NO4/c1-13-8-18(15(3)25(13)14(2)11-28-4)19(26)12-29-20(27)10-16-6-5-7-17(9-16)21(22,23)24/h5-9,14H,10-12H2,1-4H3. The average molecular weight is 411 g/mol. The van der Waals surface area contributed by atoms with Crippen molar-refractivity contribution >= 4 is 11.8 Å². The van der Waals surface area contributed by atoms with Gasteiger partial charge in [-0.05, 0) is 38.5 Å². The molecule has 1 atom stereocenters. The van der Waals surface area contributed by atoms with Crippen LogP contribution in [-0.2, 0) is 26.9 Å². The molecule has 8 heteroatoms. The molecule has 0 aliphatic rings. The van der Waals surface area contributed by atoms with Gasteiger partial charge >= 0.3 is 12.1 Å². The summed E-state index contributed by atoms with van der Waals surface area (Å²) in [5.41, 5.74) is 1.40. The monoisotopic (exact) mass is 411 g/mol. The highest BCUT2D eigenvalue weighted by molar-refractivity contribution is 5.99. The SMILES string of the molecule is COCC(C)n1c(C)cc(C(=O)COC(=O)Cc2cccc(C(F)(F)F)c2)c1C. The van der Waals surface area contributed by atoms with Gasteiger partial charge in [-0.2, -0.15) is 13.2 Å². The number of carbonyl (C=O) groups excluding carboxylic acids is 2. The highest BCUT2D eigenvalue weighted by Gasteiger charge is 2.30. The van der Waals surface area contributed by atoms with Crippen LogP contribution in [0.3, 0.4) is 0 Å². The van der Waals surface area contributed by atoms with Gasteiger partial charge < -0.3 is 14.0 Å². The summed E-state index contributed by atoms with van der Waals surface area (Å²) in [5, 5.41) is 0. The molecule has 0 saturated heterocycles. The van der Waals surface area contributed by atoms with Crippen molar-refractivity contribution in [1.82, 2.24) is 4.57 Å². The maximum absolute atomic E-state index is 12.8. The van der Waals surface area contributed by atoms with Crippen molar-refractivity contribution in [1.29, 1.82) is 0 Å². The molecule has 2 aromatic rings. The van der Waals surface area contributed by atoms with Crippen molar-refractivity contribution in [2.75, 3.05) is 20.3 Å². The minimum atomic E-state index is -4.49. The van der Waals surface area contributed by atoms with Crippen LogP contribution in [0.4, 0.5) is 13.2 Å². The molecule has 0 radical (unpaired) electrons. The van der Waals surface area contributed by atoms with Gasteiger partial charge in [0.1, 0.15) is 0 Å². The summed E-state index contributed by atoms with van der Waals surface area (Å²) >= 11 is 0. The number of hydrogen-bond donors (Lipinski definition) is 0. The number of rotatable bonds is 8. The van der Waals surface area contributed by atoms with Gasteiger partial charge in [0.25, 0.3) is 0 Å². The zero-order valence-electron chi connectivity index (χ0n) is 16.8. The number of hydrogen-bond acceptors (Lipinski definition) is 4. The van der Waals surface area contributed by atoms with E-state index >= 15 is 0 Å². The molecule has 0 amide bonds. The first kappa shape index (κ1) is 22.7. The van der Waals surface area contributed by atoms with E-state index in [0.29, 0.717) is 12.2 Å². The molecule has 0 bridgehead atoms. The Bertz CT molecular complexity index is 887. The highest BCUT2D eigenvalue weighted by Crippen LogP contribution is 2.29. The van der Waals surface area contributed by atoms with Crippen molar-refractivity contribution in [3.05, 3.63) is 58.4 Å². The molecule has 158 valence electrons. The van der Waals surface area contributed by atoms with Crippen molar-refractivity contribution in [3.8, 4) is 0 Å². The number of esters is 1. The molecule has 1 unspecified atom stereocenters. The Kier molecular flexibility index (Phi) is 7.24. The van der Waals surface area contributed by atoms with E-state index in [2.05, 4.69) is 0 Å². The number of carbonyl (C=O) groups is 2. The number of aromatic nitrogens is 1. The van der Waals surface area contributed by atoms with Crippen molar-refractivity contribution < 1.29 is 32.2 Å². The first-order valence-corrected chi connectivity index (χ1v) is 9.07. The maximum atomic E-state index is 12.8. The lowest BCUT2D eigenvalue weighted by Gasteiger charge is -2.17. The summed E-state index contributed by atoms with van der Waals surface area (Å²) in [6.45, 7) is 5.65. The Labute approximate surface area is 167 Å². The van der Waals surface area contributed by atoms with Crippen molar-refractivity contribution in [2.45, 2.75) is 39.4 Å². The Morgan fingerprint density at radius 3 is 2.48 bits per heavy atom. The minimum absolute atomic E-state index is 0.0324. The molecular formula is C21H24F3NO4. The second-order valence-electron chi connectivity index (χ2n) is 6.92. The average Bonchev–Trinajstić information content (AvgIpc) is 2.94. The van der Waals surface area contributed by atoms with Crippen LogP contribution >= 0.6 is 0 Å². The number of nitrogens with zero attached hydrogens (tertiary/aromatic N) is 1. The van der Waals surface area contributed by atoms with Gasteiger partial charge in [-0.3, -0.25) is 9.59 Å². The van der Waals surface area contributed by atoms with Crippen LogP contribution in [0.5, 0.6) is 0 Å². The number of aryl methyl sites for hydroxylation is 1. The first-order chi connectivity index (χ1) is 13.5. The van der Waals surface area contributed by atoms with Gasteiger partial charge in [-0.15, -0.1) is 0 Å². The summed E-state index contributed by atoms with van der Waals surface area (Å²) in [5.74, 6) is -1.13. The predicted molar refractivity (Wildman–Crippen MR) is 101 cm³/mol. The third-order valence-electron chi connectivity index (χ3n) is 4.60. The van der Waals surface area contributed by atoms with E-state index in [9.17, 15) is 22.8 Å². The van der Waals surface area contributed by atoms with E-state index < -0.39 is 24.3 Å². The second-order valence-corrected chi connectivity index (χ2v) is 6.92. The summed E-state index contributed by atoms with van der Waals surface area (Å²) in [6, 6.07) is 6.22. The molecule has 0 saturated carbocycles. The van der Waals surface area contributed by atoms with Crippen LogP contribution in [0.15, 0.2) is 30.3 Å². The molecule has 29 heavy (non-hydrogen) atoms. The topological polar surface area (TPSA) is 57.5 Å². The fraction of sp³-hybridized carbons (Fsp3) is 0.429. The van der Waals surface area contributed by atoms with Gasteiger partial charge in [0.05, 0.1) is 24.6 Å². The summed E-state index contributed by atoms with van der Waals surface area (Å²) < 4.78 is 50.4. The second kappa shape index (κ2) is 9.26. The van der Waals surface area contributed by atoms with Crippen LogP contribution in [-0.4, -0.2) is 36.6 Å². The van der Waals surface area contributed by atoms with Crippen molar-refractivity contribution in [2.24, 2.45) is 0 Å². The number of ether oxygens (including phenoxy) is 2. The largest absolute Gasteiger partial charge is 0.457 e. The molecule has 1 aromatic heterocycles. The van der Waals surface area contributed by atoms with Gasteiger partial charge in [0, 0.05) is 24.1 Å². The highest BCUT2D eigenvalue weighted by atomic mass is 19.4. The zero-order chi connectivity index (χ0) is 21.8. The molecular weight excluding hydrogens is 387 g/mol. The van der Waals surface area contributed by atoms with Gasteiger partial charge in [-0.25, -0.2) is 0 Å². The lowest BCUT2D eigenvalue weighted by Crippen LogP contribution is -2.18. The number of alkyl halides is 3. The lowest BCUT2D eigenvalue weighted by atomic mass is 10.1. The first-order valence-electron chi connectivity index (χ1n) is 9.07. The zero-order valence-corrected chi connectivity index (χ0v) is 16.8. The van der Waals surface area contributed by atoms with Crippen LogP contribution < -0.4 is 0 Å². The van der Waals surface area contributed by atoms with Gasteiger partial charge in [-0.1, -0.05) is 18.2 Å². The number of Topliss-reactive ketones (excluding diaryl/α,β-unsaturated/α-hetero) is 1. The predicted octanol–water partition coefficient (Wildman–Crippen LogP) is 4.30. The van der Waals surface area contributed by atoms with E-state index in [0.717, 1.165) is 23.5 Å². The van der Waals surface area contributed by atoms with Gasteiger partial charge in [0.2, 0.25) is 5.78 Å². The smallest absolute Gasteiger partial charge is 0.416 e. The normalized spacial score (nSPS) is 12.7. The van der Waals surface area contributed by atoms with Crippen molar-refractivity contribution in [3.63, 3.8) is 0 Å². The fourth-order valence-electron chi connectivity index (χ4n) is 3.35. The Hall–Kier alpha value is -2.61. The Morgan fingerprint density at radius 1 is 1.17 bits per heavy atom. The summed E-state index contributed by atoms with van der Waals surface area (Å²) in [6.07, 6.45) is -4.83. The molecule has 0 fully saturated rings. The summed E-state index contributed by atoms with van der Waals surface area (Å²) in [4.78, 5) is 24.5. The van der Waals surface area contributed by atoms with E-state index in [1.807, 2.05) is 18.4 Å². The van der Waals surface area contributed by atoms with Crippen LogP contribution in [0, 0.1) is 13.8 Å². The third-order valence-corrected chi connectivity index (χ3v) is 4.60. The van der Waals surface area contributed by atoms with Crippen LogP contribution in [0.1, 0.15) is 45.8 Å².